The van der Waals surface area contributed by atoms with E-state index in [1.54, 1.807) is 0 Å². The summed E-state index contributed by atoms with van der Waals surface area (Å²) in [6.07, 6.45) is 4.13. The molecule has 3 atom stereocenters. The summed E-state index contributed by atoms with van der Waals surface area (Å²) in [6.45, 7) is 2.76. The Morgan fingerprint density at radius 2 is 2.12 bits per heavy atom. The third kappa shape index (κ3) is 2.47. The van der Waals surface area contributed by atoms with Crippen LogP contribution < -0.4 is 0 Å². The van der Waals surface area contributed by atoms with E-state index in [-0.39, 0.29) is 17.2 Å². The van der Waals surface area contributed by atoms with Gasteiger partial charge in [-0.15, -0.1) is 0 Å². The van der Waals surface area contributed by atoms with Gasteiger partial charge in [0.15, 0.2) is 0 Å². The number of benzene rings is 1. The monoisotopic (exact) mass is 353 g/mol. The van der Waals surface area contributed by atoms with E-state index < -0.39 is 0 Å². The van der Waals surface area contributed by atoms with Gasteiger partial charge in [-0.3, -0.25) is 4.79 Å². The minimum atomic E-state index is -0.171. The first kappa shape index (κ1) is 16.0. The van der Waals surface area contributed by atoms with Gasteiger partial charge in [-0.2, -0.15) is 4.98 Å². The van der Waals surface area contributed by atoms with Gasteiger partial charge < -0.3 is 14.2 Å². The van der Waals surface area contributed by atoms with Gasteiger partial charge in [-0.25, -0.2) is 0 Å². The number of fused-ring (bicyclic) bond motifs is 1. The Kier molecular flexibility index (Phi) is 3.81. The number of aromatic nitrogens is 2. The van der Waals surface area contributed by atoms with Crippen LogP contribution in [0.15, 0.2) is 34.9 Å². The summed E-state index contributed by atoms with van der Waals surface area (Å²) in [6, 6.07) is 9.90. The maximum Gasteiger partial charge on any atom is 0.235 e. The molecule has 6 nitrogen and oxygen atoms in total. The predicted molar refractivity (Wildman–Crippen MR) is 94.3 cm³/mol. The molecule has 3 heterocycles. The second-order valence-electron chi connectivity index (χ2n) is 7.81. The van der Waals surface area contributed by atoms with Gasteiger partial charge in [0, 0.05) is 25.3 Å². The molecular formula is C20H23N3O3. The van der Waals surface area contributed by atoms with Crippen molar-refractivity contribution in [3.05, 3.63) is 36.2 Å². The van der Waals surface area contributed by atoms with Crippen LogP contribution in [-0.4, -0.2) is 47.3 Å². The lowest BCUT2D eigenvalue weighted by Gasteiger charge is -2.25. The molecule has 0 bridgehead atoms. The molecule has 1 aliphatic carbocycles. The minimum Gasteiger partial charge on any atom is -0.381 e. The SMILES string of the molecule is O=C(C1CCOC1)N1C[C@H]2CCC[C@@]2(c2nc(-c3ccccc3)no2)C1. The summed E-state index contributed by atoms with van der Waals surface area (Å²) >= 11 is 0. The number of carbonyl (C=O) groups excluding carboxylic acids is 1. The van der Waals surface area contributed by atoms with Gasteiger partial charge in [0.05, 0.1) is 17.9 Å². The molecular weight excluding hydrogens is 330 g/mol. The van der Waals surface area contributed by atoms with Crippen LogP contribution in [0.25, 0.3) is 11.4 Å². The standard InChI is InChI=1S/C20H23N3O3/c24-18(15-8-10-25-12-15)23-11-16-7-4-9-20(16,13-23)19-21-17(22-26-19)14-5-2-1-3-6-14/h1-3,5-6,15-16H,4,7-13H2/t15?,16-,20-/m1/s1. The largest absolute Gasteiger partial charge is 0.381 e. The van der Waals surface area contributed by atoms with Crippen molar-refractivity contribution in [3.63, 3.8) is 0 Å². The fourth-order valence-corrected chi connectivity index (χ4v) is 4.92. The highest BCUT2D eigenvalue weighted by atomic mass is 16.5. The van der Waals surface area contributed by atoms with E-state index in [1.807, 2.05) is 35.2 Å². The van der Waals surface area contributed by atoms with Gasteiger partial charge in [-0.1, -0.05) is 41.9 Å². The van der Waals surface area contributed by atoms with Gasteiger partial charge in [-0.05, 0) is 25.2 Å². The third-order valence-electron chi connectivity index (χ3n) is 6.35. The van der Waals surface area contributed by atoms with Crippen molar-refractivity contribution in [1.82, 2.24) is 15.0 Å². The van der Waals surface area contributed by atoms with Gasteiger partial charge in [0.1, 0.15) is 0 Å². The van der Waals surface area contributed by atoms with E-state index >= 15 is 0 Å². The molecule has 1 amide bonds. The molecule has 1 aromatic heterocycles. The summed E-state index contributed by atoms with van der Waals surface area (Å²) < 4.78 is 11.1. The number of likely N-dealkylation sites (tertiary alicyclic amines) is 1. The molecule has 0 spiro atoms. The van der Waals surface area contributed by atoms with E-state index in [1.165, 1.54) is 0 Å². The Labute approximate surface area is 152 Å². The quantitative estimate of drug-likeness (QED) is 0.848. The molecule has 2 saturated heterocycles. The molecule has 3 aliphatic rings. The first-order valence-corrected chi connectivity index (χ1v) is 9.52. The fraction of sp³-hybridized carbons (Fsp3) is 0.550. The van der Waals surface area contributed by atoms with E-state index in [0.717, 1.165) is 37.8 Å². The lowest BCUT2D eigenvalue weighted by molar-refractivity contribution is -0.134. The number of hydrogen-bond acceptors (Lipinski definition) is 5. The Hall–Kier alpha value is -2.21. The minimum absolute atomic E-state index is 0.0217. The van der Waals surface area contributed by atoms with Crippen molar-refractivity contribution in [2.75, 3.05) is 26.3 Å². The highest BCUT2D eigenvalue weighted by molar-refractivity contribution is 5.80. The molecule has 2 aromatic rings. The first-order valence-electron chi connectivity index (χ1n) is 9.52. The summed E-state index contributed by atoms with van der Waals surface area (Å²) in [7, 11) is 0. The number of amides is 1. The number of rotatable bonds is 3. The van der Waals surface area contributed by atoms with Crippen molar-refractivity contribution < 1.29 is 14.1 Å². The van der Waals surface area contributed by atoms with Crippen molar-refractivity contribution in [3.8, 4) is 11.4 Å². The molecule has 0 N–H and O–H groups in total. The van der Waals surface area contributed by atoms with Gasteiger partial charge in [0.25, 0.3) is 0 Å². The number of ether oxygens (including phenoxy) is 1. The first-order chi connectivity index (χ1) is 12.8. The average Bonchev–Trinajstić information content (AvgIpc) is 3.44. The Balaban J connectivity index is 1.42. The number of hydrogen-bond donors (Lipinski definition) is 0. The highest BCUT2D eigenvalue weighted by Crippen LogP contribution is 2.50. The normalized spacial score (nSPS) is 30.7. The molecule has 6 heteroatoms. The van der Waals surface area contributed by atoms with E-state index in [0.29, 0.717) is 37.4 Å². The van der Waals surface area contributed by atoms with Crippen molar-refractivity contribution >= 4 is 5.91 Å². The maximum atomic E-state index is 12.9. The van der Waals surface area contributed by atoms with Crippen molar-refractivity contribution in [2.24, 2.45) is 11.8 Å². The van der Waals surface area contributed by atoms with Crippen LogP contribution in [0.2, 0.25) is 0 Å². The molecule has 3 fully saturated rings. The van der Waals surface area contributed by atoms with Crippen molar-refractivity contribution in [1.29, 1.82) is 0 Å². The predicted octanol–water partition coefficient (Wildman–Crippen LogP) is 2.65. The van der Waals surface area contributed by atoms with Crippen molar-refractivity contribution in [2.45, 2.75) is 31.1 Å². The fourth-order valence-electron chi connectivity index (χ4n) is 4.92. The average molecular weight is 353 g/mol. The number of carbonyl (C=O) groups is 1. The molecule has 1 unspecified atom stereocenters. The molecule has 2 aliphatic heterocycles. The molecule has 136 valence electrons. The summed E-state index contributed by atoms with van der Waals surface area (Å²) in [5.74, 6) is 2.01. The Bertz CT molecular complexity index is 800. The van der Waals surface area contributed by atoms with Crippen LogP contribution in [-0.2, 0) is 14.9 Å². The van der Waals surface area contributed by atoms with Crippen LogP contribution in [0, 0.1) is 11.8 Å². The summed E-state index contributed by atoms with van der Waals surface area (Å²) in [4.78, 5) is 19.6. The zero-order valence-electron chi connectivity index (χ0n) is 14.8. The second-order valence-corrected chi connectivity index (χ2v) is 7.81. The van der Waals surface area contributed by atoms with Crippen LogP contribution in [0.5, 0.6) is 0 Å². The molecule has 1 saturated carbocycles. The second kappa shape index (κ2) is 6.20. The van der Waals surface area contributed by atoms with Gasteiger partial charge >= 0.3 is 0 Å². The smallest absolute Gasteiger partial charge is 0.235 e. The summed E-state index contributed by atoms with van der Waals surface area (Å²) in [5, 5.41) is 4.22. The van der Waals surface area contributed by atoms with Crippen LogP contribution in [0.3, 0.4) is 0 Å². The van der Waals surface area contributed by atoms with E-state index in [4.69, 9.17) is 14.2 Å². The van der Waals surface area contributed by atoms with Crippen LogP contribution in [0.1, 0.15) is 31.6 Å². The zero-order chi connectivity index (χ0) is 17.6. The van der Waals surface area contributed by atoms with E-state index in [2.05, 4.69) is 5.16 Å². The highest BCUT2D eigenvalue weighted by Gasteiger charge is 2.55. The zero-order valence-corrected chi connectivity index (χ0v) is 14.8. The molecule has 5 rings (SSSR count). The Morgan fingerprint density at radius 3 is 2.92 bits per heavy atom. The molecule has 26 heavy (non-hydrogen) atoms. The Morgan fingerprint density at radius 1 is 1.23 bits per heavy atom. The maximum absolute atomic E-state index is 12.9. The lowest BCUT2D eigenvalue weighted by Crippen LogP contribution is -2.38. The molecule has 0 radical (unpaired) electrons. The third-order valence-corrected chi connectivity index (χ3v) is 6.35. The summed E-state index contributed by atoms with van der Waals surface area (Å²) in [5.41, 5.74) is 0.789. The van der Waals surface area contributed by atoms with E-state index in [9.17, 15) is 4.79 Å². The number of nitrogens with zero attached hydrogens (tertiary/aromatic N) is 3. The molecule has 1 aromatic carbocycles. The van der Waals surface area contributed by atoms with Crippen LogP contribution >= 0.6 is 0 Å². The van der Waals surface area contributed by atoms with Crippen LogP contribution in [0.4, 0.5) is 0 Å². The lowest BCUT2D eigenvalue weighted by atomic mass is 9.80. The topological polar surface area (TPSA) is 68.5 Å². The van der Waals surface area contributed by atoms with Gasteiger partial charge in [0.2, 0.25) is 17.6 Å².